The third kappa shape index (κ3) is 7.07. The molecule has 0 atom stereocenters. The van der Waals surface area contributed by atoms with E-state index in [0.29, 0.717) is 17.1 Å². The van der Waals surface area contributed by atoms with E-state index in [-0.39, 0.29) is 22.5 Å². The van der Waals surface area contributed by atoms with E-state index in [4.69, 9.17) is 20.9 Å². The molecule has 3 aromatic rings. The molecule has 1 aliphatic rings. The summed E-state index contributed by atoms with van der Waals surface area (Å²) in [6.45, 7) is 5.46. The molecule has 0 saturated carbocycles. The molecule has 198 valence electrons. The van der Waals surface area contributed by atoms with Crippen LogP contribution < -0.4 is 24.1 Å². The molecule has 11 nitrogen and oxygen atoms in total. The first kappa shape index (κ1) is 27.1. The summed E-state index contributed by atoms with van der Waals surface area (Å²) in [5.41, 5.74) is 3.43. The summed E-state index contributed by atoms with van der Waals surface area (Å²) in [7, 11) is -2.51. The minimum absolute atomic E-state index is 0.175. The largest absolute Gasteiger partial charge is 0.495 e. The Morgan fingerprint density at radius 2 is 1.86 bits per heavy atom. The Hall–Kier alpha value is -2.99. The molecular weight excluding hydrogens is 546 g/mol. The second kappa shape index (κ2) is 11.2. The third-order valence-corrected chi connectivity index (χ3v) is 6.48. The van der Waals surface area contributed by atoms with Crippen molar-refractivity contribution in [2.45, 2.75) is 13.0 Å². The van der Waals surface area contributed by atoms with Gasteiger partial charge in [0, 0.05) is 19.2 Å². The minimum Gasteiger partial charge on any atom is -0.495 e. The van der Waals surface area contributed by atoms with Gasteiger partial charge in [0.25, 0.3) is 0 Å². The molecule has 0 amide bonds. The van der Waals surface area contributed by atoms with Crippen molar-refractivity contribution < 1.29 is 25.7 Å². The summed E-state index contributed by atoms with van der Waals surface area (Å²) in [5, 5.41) is 6.40. The van der Waals surface area contributed by atoms with E-state index in [0.717, 1.165) is 25.6 Å². The average Bonchev–Trinajstić information content (AvgIpc) is 2.81. The number of ether oxygens (including phenoxy) is 1. The topological polar surface area (TPSA) is 128 Å². The Balaban J connectivity index is 1.62. The Labute approximate surface area is 220 Å². The first-order chi connectivity index (χ1) is 17.5. The molecule has 0 radical (unpaired) electrons. The Kier molecular flexibility index (Phi) is 8.17. The van der Waals surface area contributed by atoms with Crippen LogP contribution in [0.3, 0.4) is 0 Å². The van der Waals surface area contributed by atoms with Crippen LogP contribution >= 0.6 is 19.7 Å². The van der Waals surface area contributed by atoms with Gasteiger partial charge in [0.15, 0.2) is 11.6 Å². The maximum Gasteiger partial charge on any atom is 0.490 e. The molecule has 0 aliphatic carbocycles. The lowest BCUT2D eigenvalue weighted by Crippen LogP contribution is -2.26. The van der Waals surface area contributed by atoms with E-state index in [1.807, 2.05) is 25.5 Å². The number of halogens is 2. The van der Waals surface area contributed by atoms with Gasteiger partial charge in [0.05, 0.1) is 33.3 Å². The molecule has 15 heteroatoms. The Morgan fingerprint density at radius 3 is 2.57 bits per heavy atom. The quantitative estimate of drug-likeness (QED) is 0.276. The summed E-state index contributed by atoms with van der Waals surface area (Å²) >= 11 is 6.34. The average molecular weight is 571 g/mol. The van der Waals surface area contributed by atoms with Crippen LogP contribution in [0.5, 0.6) is 17.4 Å². The highest BCUT2D eigenvalue weighted by molar-refractivity contribution is 7.81. The molecule has 1 aliphatic heterocycles. The smallest absolute Gasteiger partial charge is 0.490 e. The zero-order chi connectivity index (χ0) is 26.7. The second-order valence-electron chi connectivity index (χ2n) is 8.35. The predicted molar refractivity (Wildman–Crippen MR) is 141 cm³/mol. The van der Waals surface area contributed by atoms with Crippen molar-refractivity contribution in [2.75, 3.05) is 44.7 Å². The number of nitrogens with zero attached hydrogens (tertiary/aromatic N) is 4. The van der Waals surface area contributed by atoms with Gasteiger partial charge >= 0.3 is 10.5 Å². The van der Waals surface area contributed by atoms with E-state index in [9.17, 15) is 12.3 Å². The van der Waals surface area contributed by atoms with Gasteiger partial charge in [0.1, 0.15) is 16.5 Å². The van der Waals surface area contributed by atoms with Crippen molar-refractivity contribution in [3.05, 3.63) is 46.7 Å². The summed E-state index contributed by atoms with van der Waals surface area (Å²) in [5.74, 6) is 0.830. The van der Waals surface area contributed by atoms with Gasteiger partial charge in [-0.15, -0.1) is 0 Å². The number of likely N-dealkylation sites (N-methyl/N-ethyl adjacent to an activating group) is 1. The molecule has 1 aromatic carbocycles. The lowest BCUT2D eigenvalue weighted by atomic mass is 9.99. The second-order valence-corrected chi connectivity index (χ2v) is 11.5. The van der Waals surface area contributed by atoms with Crippen molar-refractivity contribution in [1.82, 2.24) is 19.9 Å². The lowest BCUT2D eigenvalue weighted by molar-refractivity contribution is 0.312. The zero-order valence-corrected chi connectivity index (χ0v) is 22.9. The molecule has 0 bridgehead atoms. The van der Waals surface area contributed by atoms with E-state index < -0.39 is 24.5 Å². The highest BCUT2D eigenvalue weighted by atomic mass is 35.5. The number of nitrogens with one attached hydrogen (secondary N) is 2. The Morgan fingerprint density at radius 1 is 1.08 bits per heavy atom. The van der Waals surface area contributed by atoms with Crippen LogP contribution in [0.4, 0.5) is 27.0 Å². The number of fused-ring (bicyclic) bond motifs is 1. The molecule has 4 rings (SSSR count). The van der Waals surface area contributed by atoms with Crippen molar-refractivity contribution in [3.8, 4) is 17.4 Å². The normalized spacial score (nSPS) is 13.7. The predicted octanol–water partition coefficient (Wildman–Crippen LogP) is 4.64. The Bertz CT molecular complexity index is 1410. The van der Waals surface area contributed by atoms with Gasteiger partial charge in [-0.3, -0.25) is 0 Å². The van der Waals surface area contributed by atoms with Crippen LogP contribution in [0.2, 0.25) is 5.02 Å². The number of methoxy groups -OCH3 is 1. The SMILES string of the molecule is COc1cc2c(cc1Nc1ncc(Cl)c(Nc3cnc(OS(=O)(=O)F)cc3OP(C)C)n1)CN(C)CC2. The monoisotopic (exact) mass is 570 g/mol. The van der Waals surface area contributed by atoms with Gasteiger partial charge in [-0.2, -0.15) is 13.4 Å². The van der Waals surface area contributed by atoms with E-state index >= 15 is 0 Å². The first-order valence-corrected chi connectivity index (χ1v) is 14.8. The molecule has 0 spiro atoms. The molecule has 0 fully saturated rings. The summed E-state index contributed by atoms with van der Waals surface area (Å²) in [6.07, 6.45) is 3.58. The molecule has 2 N–H and O–H groups in total. The van der Waals surface area contributed by atoms with Gasteiger partial charge in [0.2, 0.25) is 11.8 Å². The van der Waals surface area contributed by atoms with Gasteiger partial charge < -0.3 is 29.0 Å². The number of benzene rings is 1. The van der Waals surface area contributed by atoms with Crippen molar-refractivity contribution >= 4 is 53.4 Å². The van der Waals surface area contributed by atoms with Crippen LogP contribution in [-0.4, -0.2) is 62.3 Å². The summed E-state index contributed by atoms with van der Waals surface area (Å²) in [4.78, 5) is 14.8. The minimum atomic E-state index is -5.25. The van der Waals surface area contributed by atoms with E-state index in [1.54, 1.807) is 7.11 Å². The maximum atomic E-state index is 13.0. The molecule has 2 aromatic heterocycles. The lowest BCUT2D eigenvalue weighted by Gasteiger charge is -2.26. The van der Waals surface area contributed by atoms with E-state index in [1.165, 1.54) is 23.5 Å². The van der Waals surface area contributed by atoms with E-state index in [2.05, 4.69) is 41.7 Å². The maximum absolute atomic E-state index is 13.0. The third-order valence-electron chi connectivity index (χ3n) is 5.28. The number of anilines is 4. The van der Waals surface area contributed by atoms with Crippen molar-refractivity contribution in [2.24, 2.45) is 0 Å². The van der Waals surface area contributed by atoms with Gasteiger partial charge in [-0.1, -0.05) is 15.5 Å². The molecular formula is C22H25ClFN6O5PS. The van der Waals surface area contributed by atoms with Crippen LogP contribution in [0.25, 0.3) is 0 Å². The van der Waals surface area contributed by atoms with Crippen LogP contribution in [0, 0.1) is 0 Å². The fourth-order valence-electron chi connectivity index (χ4n) is 3.69. The molecule has 0 unspecified atom stereocenters. The number of rotatable bonds is 9. The number of hydrogen-bond acceptors (Lipinski definition) is 11. The molecule has 37 heavy (non-hydrogen) atoms. The van der Waals surface area contributed by atoms with Crippen LogP contribution in [0.1, 0.15) is 11.1 Å². The highest BCUT2D eigenvalue weighted by Crippen LogP contribution is 2.39. The highest BCUT2D eigenvalue weighted by Gasteiger charge is 2.19. The molecule has 3 heterocycles. The zero-order valence-electron chi connectivity index (χ0n) is 20.4. The number of aromatic nitrogens is 3. The fraction of sp³-hybridized carbons (Fsp3) is 0.318. The number of hydrogen-bond donors (Lipinski definition) is 2. The first-order valence-electron chi connectivity index (χ1n) is 10.9. The van der Waals surface area contributed by atoms with Crippen LogP contribution in [-0.2, 0) is 23.5 Å². The fourth-order valence-corrected chi connectivity index (χ4v) is 4.67. The van der Waals surface area contributed by atoms with Gasteiger partial charge in [-0.25, -0.2) is 9.97 Å². The van der Waals surface area contributed by atoms with Crippen LogP contribution in [0.15, 0.2) is 30.6 Å². The van der Waals surface area contributed by atoms with Gasteiger partial charge in [-0.05, 0) is 50.1 Å². The number of pyridine rings is 1. The van der Waals surface area contributed by atoms with Crippen molar-refractivity contribution in [1.29, 1.82) is 0 Å². The standard InChI is InChI=1S/C22H25ClFN6O5PS/c1-30-6-5-13-8-18(33-2)16(7-14(13)12-30)28-22-26-10-15(23)21(29-22)27-17-11-25-20(35-37(24,31)32)9-19(17)34-36(3)4/h7-11H,5-6,12H2,1-4H3,(H2,26,27,28,29). The van der Waals surface area contributed by atoms with Crippen molar-refractivity contribution in [3.63, 3.8) is 0 Å². The summed E-state index contributed by atoms with van der Waals surface area (Å²) < 4.78 is 50.2. The summed E-state index contributed by atoms with van der Waals surface area (Å²) in [6, 6.07) is 5.20. The molecule has 0 saturated heterocycles.